The molecule has 0 spiro atoms. The molecule has 0 saturated heterocycles. The van der Waals surface area contributed by atoms with E-state index in [-0.39, 0.29) is 12.8 Å². The number of unbranched alkanes of at least 4 members (excludes halogenated alkanes) is 18. The molecule has 1 saturated carbocycles. The van der Waals surface area contributed by atoms with Crippen molar-refractivity contribution in [2.45, 2.75) is 224 Å². The number of carbonyl (C=O) groups is 2. The Morgan fingerprint density at radius 1 is 0.464 bits per heavy atom. The lowest BCUT2D eigenvalue weighted by molar-refractivity contribution is -0.213. The molecule has 0 radical (unpaired) electrons. The quantitative estimate of drug-likeness (QED) is 0.0122. The molecule has 1 aliphatic carbocycles. The van der Waals surface area contributed by atoms with Crippen molar-refractivity contribution in [3.05, 3.63) is 48.6 Å². The van der Waals surface area contributed by atoms with Crippen LogP contribution in [0.25, 0.3) is 0 Å². The molecule has 1 fully saturated rings. The Morgan fingerprint density at radius 2 is 0.841 bits per heavy atom. The molecule has 1 rings (SSSR count). The van der Waals surface area contributed by atoms with E-state index in [1.54, 1.807) is 0 Å². The average Bonchev–Trinajstić information content (AvgIpc) is 3.28. The van der Waals surface area contributed by atoms with E-state index < -0.39 is 91.3 Å². The predicted octanol–water partition coefficient (Wildman–Crippen LogP) is 9.40. The fourth-order valence-electron chi connectivity index (χ4n) is 7.39. The summed E-state index contributed by atoms with van der Waals surface area (Å²) in [6.45, 7) is 2.89. The summed E-state index contributed by atoms with van der Waals surface area (Å²) < 4.78 is 65.5. The minimum atomic E-state index is -5.60. The molecule has 69 heavy (non-hydrogen) atoms. The Kier molecular flexibility index (Phi) is 36.5. The van der Waals surface area contributed by atoms with Crippen molar-refractivity contribution in [2.24, 2.45) is 0 Å². The van der Waals surface area contributed by atoms with Crippen LogP contribution in [0.4, 0.5) is 0 Å². The summed E-state index contributed by atoms with van der Waals surface area (Å²) in [7, 11) is -16.6. The third-order valence-corrected chi connectivity index (χ3v) is 13.2. The van der Waals surface area contributed by atoms with E-state index in [1.165, 1.54) is 64.2 Å². The highest BCUT2D eigenvalue weighted by Gasteiger charge is 2.56. The SMILES string of the molecule is CCCCC/C=C\C/C=C\C/C=C\C/C=C\CCCCCC(=O)OC[C@H](COP(=O)(O)O[C@H]1C(O)C(O)C(OP(=O)(O)O)[C@@H](OP(=O)(O)O)C1O)OC(=O)CCCCCCCCCCCCCCC. The van der Waals surface area contributed by atoms with Crippen molar-refractivity contribution in [1.29, 1.82) is 0 Å². The molecule has 0 aromatic carbocycles. The van der Waals surface area contributed by atoms with E-state index in [0.717, 1.165) is 77.0 Å². The Balaban J connectivity index is 2.72. The summed E-state index contributed by atoms with van der Waals surface area (Å²) in [5.74, 6) is -1.33. The van der Waals surface area contributed by atoms with Crippen LogP contribution >= 0.6 is 23.5 Å². The summed E-state index contributed by atoms with van der Waals surface area (Å²) in [6.07, 6.45) is 25.5. The number of aliphatic hydroxyl groups is 3. The first-order valence-electron chi connectivity index (χ1n) is 24.9. The normalized spacial score (nSPS) is 21.7. The van der Waals surface area contributed by atoms with Gasteiger partial charge in [-0.2, -0.15) is 0 Å². The van der Waals surface area contributed by atoms with E-state index >= 15 is 0 Å². The summed E-state index contributed by atoms with van der Waals surface area (Å²) in [5, 5.41) is 31.9. The molecule has 0 heterocycles. The first kappa shape index (κ1) is 65.1. The number of esters is 2. The summed E-state index contributed by atoms with van der Waals surface area (Å²) in [6, 6.07) is 0. The molecule has 0 aromatic heterocycles. The van der Waals surface area contributed by atoms with Crippen LogP contribution < -0.4 is 0 Å². The maximum Gasteiger partial charge on any atom is 0.472 e. The van der Waals surface area contributed by atoms with Gasteiger partial charge in [-0.1, -0.05) is 159 Å². The topological polar surface area (TPSA) is 303 Å². The van der Waals surface area contributed by atoms with Gasteiger partial charge < -0.3 is 49.3 Å². The van der Waals surface area contributed by atoms with Crippen LogP contribution in [0.2, 0.25) is 0 Å². The van der Waals surface area contributed by atoms with Gasteiger partial charge in [0.25, 0.3) is 0 Å². The molecule has 0 aromatic rings. The smallest absolute Gasteiger partial charge is 0.462 e. The fraction of sp³-hybridized carbons (Fsp3) is 0.787. The lowest BCUT2D eigenvalue weighted by Gasteiger charge is -2.44. The number of ether oxygens (including phenoxy) is 2. The molecule has 0 amide bonds. The van der Waals surface area contributed by atoms with Crippen molar-refractivity contribution in [3.63, 3.8) is 0 Å². The zero-order valence-corrected chi connectivity index (χ0v) is 43.6. The van der Waals surface area contributed by atoms with Crippen LogP contribution in [0, 0.1) is 0 Å². The van der Waals surface area contributed by atoms with Crippen LogP contribution in [0.15, 0.2) is 48.6 Å². The van der Waals surface area contributed by atoms with Gasteiger partial charge in [-0.15, -0.1) is 0 Å². The lowest BCUT2D eigenvalue weighted by atomic mass is 9.85. The highest BCUT2D eigenvalue weighted by molar-refractivity contribution is 7.47. The van der Waals surface area contributed by atoms with Crippen molar-refractivity contribution in [1.82, 2.24) is 0 Å². The number of allylic oxidation sites excluding steroid dienone is 8. The minimum Gasteiger partial charge on any atom is -0.462 e. The van der Waals surface area contributed by atoms with E-state index in [0.29, 0.717) is 12.8 Å². The molecule has 5 unspecified atom stereocenters. The number of carbonyl (C=O) groups excluding carboxylic acids is 2. The van der Waals surface area contributed by atoms with Crippen molar-refractivity contribution < 1.29 is 90.6 Å². The fourth-order valence-corrected chi connectivity index (χ4v) is 9.49. The zero-order chi connectivity index (χ0) is 51.4. The first-order chi connectivity index (χ1) is 32.8. The van der Waals surface area contributed by atoms with Gasteiger partial charge in [0, 0.05) is 12.8 Å². The number of phosphoric acid groups is 3. The summed E-state index contributed by atoms with van der Waals surface area (Å²) in [5.41, 5.74) is 0. The lowest BCUT2D eigenvalue weighted by Crippen LogP contribution is -2.65. The van der Waals surface area contributed by atoms with Gasteiger partial charge >= 0.3 is 35.4 Å². The second kappa shape index (κ2) is 38.7. The molecule has 8 N–H and O–H groups in total. The Morgan fingerprint density at radius 3 is 1.32 bits per heavy atom. The van der Waals surface area contributed by atoms with Crippen LogP contribution in [0.1, 0.15) is 181 Å². The monoisotopic (exact) mass is 1050 g/mol. The molecular weight excluding hydrogens is 961 g/mol. The number of rotatable bonds is 42. The highest BCUT2D eigenvalue weighted by atomic mass is 31.2. The standard InChI is InChI=1S/C47H85O19P3/c1-3-5-7-9-11-13-15-17-18-19-20-21-22-24-25-27-29-31-33-35-40(48)61-37-39(63-41(49)36-34-32-30-28-26-23-16-14-12-10-8-6-4-2)38-62-69(59,60)66-45-42(50)43(51)46(64-67(53,54)55)47(44(45)52)65-68(56,57)58/h11,13,17-18,20-21,24-25,39,42-47,50-52H,3-10,12,14-16,19,22-23,26-38H2,1-2H3,(H,59,60)(H2,53,54,55)(H2,56,57,58)/b13-11-,18-17-,21-20-,25-24-/t39-,42?,43?,44?,45+,46?,47+/m1/s1. The van der Waals surface area contributed by atoms with Gasteiger partial charge in [0.15, 0.2) is 6.10 Å². The average molecular weight is 1050 g/mol. The first-order valence-corrected chi connectivity index (χ1v) is 29.5. The number of aliphatic hydroxyl groups excluding tert-OH is 3. The maximum absolute atomic E-state index is 13.1. The third-order valence-electron chi connectivity index (χ3n) is 11.1. The minimum absolute atomic E-state index is 0.00785. The maximum atomic E-state index is 13.1. The molecule has 0 aliphatic heterocycles. The molecular formula is C47H85O19P3. The molecule has 19 nitrogen and oxygen atoms in total. The van der Waals surface area contributed by atoms with Gasteiger partial charge in [-0.3, -0.25) is 27.7 Å². The zero-order valence-electron chi connectivity index (χ0n) is 40.9. The highest BCUT2D eigenvalue weighted by Crippen LogP contribution is 2.51. The van der Waals surface area contributed by atoms with Gasteiger partial charge in [0.05, 0.1) is 6.61 Å². The molecule has 402 valence electrons. The third kappa shape index (κ3) is 35.0. The Labute approximate surface area is 410 Å². The van der Waals surface area contributed by atoms with Crippen LogP contribution in [-0.2, 0) is 50.9 Å². The number of phosphoric ester groups is 3. The second-order valence-electron chi connectivity index (χ2n) is 17.4. The molecule has 8 atom stereocenters. The van der Waals surface area contributed by atoms with Gasteiger partial charge in [0.2, 0.25) is 0 Å². The molecule has 22 heteroatoms. The van der Waals surface area contributed by atoms with E-state index in [2.05, 4.69) is 71.5 Å². The van der Waals surface area contributed by atoms with Crippen molar-refractivity contribution >= 4 is 35.4 Å². The molecule has 1 aliphatic rings. The van der Waals surface area contributed by atoms with Crippen molar-refractivity contribution in [3.8, 4) is 0 Å². The van der Waals surface area contributed by atoms with E-state index in [4.69, 9.17) is 18.5 Å². The Bertz CT molecular complexity index is 1630. The van der Waals surface area contributed by atoms with Gasteiger partial charge in [-0.05, 0) is 57.8 Å². The van der Waals surface area contributed by atoms with Gasteiger partial charge in [0.1, 0.15) is 43.2 Å². The van der Waals surface area contributed by atoms with Gasteiger partial charge in [-0.25, -0.2) is 13.7 Å². The second-order valence-corrected chi connectivity index (χ2v) is 21.2. The summed E-state index contributed by atoms with van der Waals surface area (Å²) >= 11 is 0. The van der Waals surface area contributed by atoms with Crippen molar-refractivity contribution in [2.75, 3.05) is 13.2 Å². The number of hydrogen-bond donors (Lipinski definition) is 8. The van der Waals surface area contributed by atoms with E-state index in [9.17, 15) is 63.1 Å². The Hall–Kier alpha value is -1.89. The van der Waals surface area contributed by atoms with E-state index in [1.807, 2.05) is 0 Å². The summed E-state index contributed by atoms with van der Waals surface area (Å²) in [4.78, 5) is 73.3. The van der Waals surface area contributed by atoms with Crippen LogP contribution in [0.3, 0.4) is 0 Å². The predicted molar refractivity (Wildman–Crippen MR) is 261 cm³/mol. The largest absolute Gasteiger partial charge is 0.472 e. The van der Waals surface area contributed by atoms with Crippen LogP contribution in [-0.4, -0.2) is 108 Å². The number of hydrogen-bond acceptors (Lipinski definition) is 14. The molecule has 0 bridgehead atoms. The van der Waals surface area contributed by atoms with Crippen LogP contribution in [0.5, 0.6) is 0 Å².